The minimum absolute atomic E-state index is 0.0565. The fourth-order valence-electron chi connectivity index (χ4n) is 8.68. The summed E-state index contributed by atoms with van der Waals surface area (Å²) in [4.78, 5) is 66.5. The summed E-state index contributed by atoms with van der Waals surface area (Å²) in [6.45, 7) is 6.68. The van der Waals surface area contributed by atoms with Crippen molar-refractivity contribution in [3.8, 4) is 22.6 Å². The van der Waals surface area contributed by atoms with E-state index in [0.29, 0.717) is 52.0 Å². The molecular weight excluding hydrogens is 709 g/mol. The van der Waals surface area contributed by atoms with Crippen molar-refractivity contribution < 1.29 is 42.8 Å². The van der Waals surface area contributed by atoms with Crippen molar-refractivity contribution in [1.29, 1.82) is 0 Å². The van der Waals surface area contributed by atoms with Crippen LogP contribution >= 0.6 is 0 Å². The summed E-state index contributed by atoms with van der Waals surface area (Å²) in [7, 11) is 0.778. The largest absolute Gasteiger partial charge is 0.492 e. The van der Waals surface area contributed by atoms with Gasteiger partial charge in [-0.15, -0.1) is 0 Å². The smallest absolute Gasteiger partial charge is 0.478 e. The van der Waals surface area contributed by atoms with Crippen LogP contribution in [0.15, 0.2) is 36.4 Å². The maximum Gasteiger partial charge on any atom is 0.478 e. The normalized spacial score (nSPS) is 26.6. The first-order valence-corrected chi connectivity index (χ1v) is 18.8. The quantitative estimate of drug-likeness (QED) is 0.116. The zero-order valence-corrected chi connectivity index (χ0v) is 31.9. The molecule has 3 saturated carbocycles. The lowest BCUT2D eigenvalue weighted by Crippen LogP contribution is -2.65. The highest BCUT2D eigenvalue weighted by Crippen LogP contribution is 2.65. The number of fused-ring (bicyclic) bond motifs is 5. The van der Waals surface area contributed by atoms with Gasteiger partial charge in [0, 0.05) is 37.7 Å². The van der Waals surface area contributed by atoms with Crippen molar-refractivity contribution >= 4 is 37.2 Å². The molecule has 1 saturated heterocycles. The lowest BCUT2D eigenvalue weighted by molar-refractivity contribution is -0.199. The van der Waals surface area contributed by atoms with E-state index in [1.54, 1.807) is 30.3 Å². The topological polar surface area (TPSA) is 226 Å². The molecule has 296 valence electrons. The number of nitrogens with zero attached hydrogens (tertiary/aromatic N) is 1. The number of rotatable bonds is 13. The number of ether oxygens (including phenoxy) is 2. The molecule has 2 aromatic rings. The van der Waals surface area contributed by atoms with Crippen LogP contribution in [0.1, 0.15) is 50.8 Å². The Hall–Kier alpha value is -4.71. The van der Waals surface area contributed by atoms with Gasteiger partial charge in [-0.1, -0.05) is 26.0 Å². The molecule has 2 aromatic carbocycles. The molecule has 16 nitrogen and oxygen atoms in total. The standard InChI is InChI=1S/C38H52BN7O9/c1-37(2)24-16-30(37)38(3)31(17-24)54-39(55-38)20-44-35(50)27-14-22-5-7-28(52-11-9-40)25(13-22)26-15-23(6-8-29(26)53-12-10-41)34(36(51)43-18-32(48)45-27)46(4)33(49)19-42-21-47/h5-8,13,15,21,24,27,30-31,34H,9-12,14,16-20,40-41H2,1-4H3,(H,42,47)(H,43,51)(H,44,50)(H,45,48)/t24?,27?,30-,31+,34?,38-/m0/s1. The third-order valence-corrected chi connectivity index (χ3v) is 11.7. The van der Waals surface area contributed by atoms with Gasteiger partial charge in [-0.3, -0.25) is 24.0 Å². The minimum atomic E-state index is -1.23. The molecule has 6 atom stereocenters. The summed E-state index contributed by atoms with van der Waals surface area (Å²) in [5, 5.41) is 10.7. The average Bonchev–Trinajstić information content (AvgIpc) is 3.52. The molecule has 3 unspecified atom stereocenters. The van der Waals surface area contributed by atoms with E-state index >= 15 is 0 Å². The van der Waals surface area contributed by atoms with E-state index in [0.717, 1.165) is 12.8 Å². The molecule has 5 amide bonds. The Labute approximate surface area is 321 Å². The Morgan fingerprint density at radius 2 is 1.73 bits per heavy atom. The van der Waals surface area contributed by atoms with Crippen molar-refractivity contribution in [1.82, 2.24) is 26.2 Å². The molecule has 2 aliphatic heterocycles. The zero-order valence-electron chi connectivity index (χ0n) is 31.9. The summed E-state index contributed by atoms with van der Waals surface area (Å²) >= 11 is 0. The molecule has 3 aliphatic carbocycles. The number of carbonyl (C=O) groups is 5. The minimum Gasteiger partial charge on any atom is -0.492 e. The SMILES string of the molecule is CN(C(=O)CNC=O)C1C(=O)NCC(=O)NC(C(=O)NCB2O[C@@H]3CC4C[C@@H](C4(C)C)[C@]3(C)O2)Cc2ccc(OCCN)c(c2)-c2cc1ccc2OCCN. The predicted octanol–water partition coefficient (Wildman–Crippen LogP) is -0.185. The maximum atomic E-state index is 13.9. The summed E-state index contributed by atoms with van der Waals surface area (Å²) in [6.07, 6.45) is 2.50. The van der Waals surface area contributed by atoms with E-state index < -0.39 is 55.0 Å². The summed E-state index contributed by atoms with van der Waals surface area (Å²) in [5.41, 5.74) is 13.5. The molecule has 2 heterocycles. The molecule has 17 heteroatoms. The number of nitrogens with two attached hydrogens (primary N) is 2. The van der Waals surface area contributed by atoms with Gasteiger partial charge in [0.1, 0.15) is 36.8 Å². The zero-order chi connectivity index (χ0) is 39.5. The van der Waals surface area contributed by atoms with Crippen LogP contribution in [0.25, 0.3) is 11.1 Å². The van der Waals surface area contributed by atoms with Gasteiger partial charge in [0.15, 0.2) is 0 Å². The highest BCUT2D eigenvalue weighted by Gasteiger charge is 2.67. The molecule has 0 spiro atoms. The van der Waals surface area contributed by atoms with Gasteiger partial charge < -0.3 is 56.4 Å². The van der Waals surface area contributed by atoms with Crippen LogP contribution in [0.4, 0.5) is 0 Å². The van der Waals surface area contributed by atoms with Gasteiger partial charge in [-0.25, -0.2) is 0 Å². The van der Waals surface area contributed by atoms with Crippen molar-refractivity contribution in [2.24, 2.45) is 28.7 Å². The van der Waals surface area contributed by atoms with Gasteiger partial charge >= 0.3 is 7.12 Å². The van der Waals surface area contributed by atoms with Gasteiger partial charge in [-0.2, -0.15) is 0 Å². The molecule has 55 heavy (non-hydrogen) atoms. The first-order chi connectivity index (χ1) is 26.3. The van der Waals surface area contributed by atoms with Crippen LogP contribution in [0.3, 0.4) is 0 Å². The van der Waals surface area contributed by atoms with E-state index in [1.165, 1.54) is 11.9 Å². The van der Waals surface area contributed by atoms with Crippen LogP contribution in [0.5, 0.6) is 11.5 Å². The molecule has 8 N–H and O–H groups in total. The van der Waals surface area contributed by atoms with Crippen molar-refractivity contribution in [2.75, 3.05) is 52.9 Å². The molecule has 4 fully saturated rings. The Bertz CT molecular complexity index is 1800. The van der Waals surface area contributed by atoms with E-state index in [4.69, 9.17) is 30.2 Å². The van der Waals surface area contributed by atoms with Gasteiger partial charge in [-0.05, 0) is 72.4 Å². The van der Waals surface area contributed by atoms with Crippen LogP contribution in [-0.4, -0.2) is 113 Å². The fraction of sp³-hybridized carbons (Fsp3) is 0.553. The third-order valence-electron chi connectivity index (χ3n) is 11.7. The van der Waals surface area contributed by atoms with E-state index in [9.17, 15) is 24.0 Å². The molecule has 0 radical (unpaired) electrons. The average molecular weight is 762 g/mol. The van der Waals surface area contributed by atoms with Crippen molar-refractivity contribution in [3.05, 3.63) is 47.5 Å². The number of nitrogens with one attached hydrogen (secondary N) is 4. The Kier molecular flexibility index (Phi) is 12.0. The van der Waals surface area contributed by atoms with Gasteiger partial charge in [0.05, 0.1) is 31.2 Å². The fourth-order valence-corrected chi connectivity index (χ4v) is 8.68. The highest BCUT2D eigenvalue weighted by molar-refractivity contribution is 6.46. The van der Waals surface area contributed by atoms with E-state index in [-0.39, 0.29) is 57.2 Å². The van der Waals surface area contributed by atoms with Crippen LogP contribution in [0, 0.1) is 17.3 Å². The van der Waals surface area contributed by atoms with Gasteiger partial charge in [0.25, 0.3) is 0 Å². The number of likely N-dealkylation sites (N-methyl/N-ethyl adjacent to an activating group) is 1. The molecular formula is C38H52BN7O9. The predicted molar refractivity (Wildman–Crippen MR) is 202 cm³/mol. The summed E-state index contributed by atoms with van der Waals surface area (Å²) in [5.74, 6) is -0.496. The lowest BCUT2D eigenvalue weighted by atomic mass is 9.43. The van der Waals surface area contributed by atoms with Crippen molar-refractivity contribution in [3.63, 3.8) is 0 Å². The number of benzene rings is 2. The summed E-state index contributed by atoms with van der Waals surface area (Å²) < 4.78 is 24.9. The second-order valence-corrected chi connectivity index (χ2v) is 15.5. The Balaban J connectivity index is 1.32. The molecule has 6 bridgehead atoms. The lowest BCUT2D eigenvalue weighted by Gasteiger charge is -2.64. The number of hydrogen-bond donors (Lipinski definition) is 6. The summed E-state index contributed by atoms with van der Waals surface area (Å²) in [6, 6.07) is 8.12. The van der Waals surface area contributed by atoms with Crippen LogP contribution < -0.4 is 42.2 Å². The van der Waals surface area contributed by atoms with Crippen LogP contribution in [-0.2, 0) is 39.7 Å². The number of carbonyl (C=O) groups excluding carboxylic acids is 5. The second-order valence-electron chi connectivity index (χ2n) is 15.5. The van der Waals surface area contributed by atoms with E-state index in [2.05, 4.69) is 42.0 Å². The Morgan fingerprint density at radius 1 is 1.04 bits per heavy atom. The molecule has 0 aromatic heterocycles. The number of hydrogen-bond acceptors (Lipinski definition) is 11. The first kappa shape index (κ1) is 40.0. The highest BCUT2D eigenvalue weighted by atomic mass is 16.7. The second kappa shape index (κ2) is 16.6. The third kappa shape index (κ3) is 8.15. The Morgan fingerprint density at radius 3 is 2.40 bits per heavy atom. The monoisotopic (exact) mass is 761 g/mol. The van der Waals surface area contributed by atoms with Crippen LogP contribution in [0.2, 0.25) is 0 Å². The molecule has 5 aliphatic rings. The first-order valence-electron chi connectivity index (χ1n) is 18.8. The molecule has 7 rings (SSSR count). The number of amides is 5. The maximum absolute atomic E-state index is 13.9. The van der Waals surface area contributed by atoms with E-state index in [1.807, 2.05) is 6.07 Å². The van der Waals surface area contributed by atoms with Gasteiger partial charge in [0.2, 0.25) is 30.0 Å². The van der Waals surface area contributed by atoms with Crippen molar-refractivity contribution in [2.45, 2.75) is 63.8 Å².